The second-order valence-corrected chi connectivity index (χ2v) is 4.95. The molecule has 4 heteroatoms. The fourth-order valence-electron chi connectivity index (χ4n) is 1.65. The molecule has 0 amide bonds. The Hall–Kier alpha value is -1.29. The highest BCUT2D eigenvalue weighted by atomic mass is 79.9. The first kappa shape index (κ1) is 13.1. The number of benzene rings is 2. The third-order valence-electron chi connectivity index (χ3n) is 2.71. The Morgan fingerprint density at radius 3 is 2.11 bits per heavy atom. The summed E-state index contributed by atoms with van der Waals surface area (Å²) in [6.07, 6.45) is 0. The zero-order valence-electron chi connectivity index (χ0n) is 9.55. The van der Waals surface area contributed by atoms with Gasteiger partial charge in [0.1, 0.15) is 0 Å². The second kappa shape index (κ2) is 5.14. The van der Waals surface area contributed by atoms with Crippen LogP contribution in [-0.2, 0) is 0 Å². The molecule has 0 bridgehead atoms. The molecule has 94 valence electrons. The van der Waals surface area contributed by atoms with Crippen LogP contribution < -0.4 is 0 Å². The van der Waals surface area contributed by atoms with Crippen molar-refractivity contribution in [2.75, 3.05) is 0 Å². The fourth-order valence-corrected chi connectivity index (χ4v) is 2.31. The van der Waals surface area contributed by atoms with Gasteiger partial charge in [-0.2, -0.15) is 0 Å². The summed E-state index contributed by atoms with van der Waals surface area (Å²) in [5, 5.41) is 0. The Kier molecular flexibility index (Phi) is 3.76. The molecule has 0 radical (unpaired) electrons. The molecular weight excluding hydrogens is 305 g/mol. The van der Waals surface area contributed by atoms with Crippen LogP contribution >= 0.6 is 15.9 Å². The molecule has 18 heavy (non-hydrogen) atoms. The summed E-state index contributed by atoms with van der Waals surface area (Å²) in [6, 6.07) is 9.55. The van der Waals surface area contributed by atoms with Crippen LogP contribution in [0.2, 0.25) is 0 Å². The van der Waals surface area contributed by atoms with Crippen LogP contribution in [-0.4, -0.2) is 0 Å². The highest BCUT2D eigenvalue weighted by Gasteiger charge is 2.20. The van der Waals surface area contributed by atoms with Crippen molar-refractivity contribution in [3.8, 4) is 0 Å². The largest absolute Gasteiger partial charge is 0.204 e. The van der Waals surface area contributed by atoms with Crippen molar-refractivity contribution in [1.29, 1.82) is 0 Å². The second-order valence-electron chi connectivity index (χ2n) is 4.04. The first-order chi connectivity index (χ1) is 8.50. The predicted octanol–water partition coefficient (Wildman–Crippen LogP) is 4.90. The summed E-state index contributed by atoms with van der Waals surface area (Å²) in [5.41, 5.74) is 1.94. The number of aryl methyl sites for hydroxylation is 1. The van der Waals surface area contributed by atoms with Crippen LogP contribution in [0.25, 0.3) is 0 Å². The molecule has 2 aromatic rings. The number of rotatable bonds is 2. The van der Waals surface area contributed by atoms with Crippen molar-refractivity contribution >= 4 is 15.9 Å². The van der Waals surface area contributed by atoms with E-state index in [0.717, 1.165) is 17.2 Å². The molecule has 2 rings (SSSR count). The van der Waals surface area contributed by atoms with Crippen LogP contribution in [0.15, 0.2) is 36.4 Å². The molecule has 0 fully saturated rings. The zero-order valence-corrected chi connectivity index (χ0v) is 11.1. The standard InChI is InChI=1S/C14H10BrF3/c1-8-2-4-9(5-3-8)12(15)10-6-7-11(16)14(18)13(10)17/h2-7,12H,1H3. The number of halogens is 4. The van der Waals surface area contributed by atoms with Gasteiger partial charge in [0.2, 0.25) is 0 Å². The Balaban J connectivity index is 2.43. The van der Waals surface area contributed by atoms with Crippen LogP contribution in [0.3, 0.4) is 0 Å². The molecule has 1 atom stereocenters. The average Bonchev–Trinajstić information content (AvgIpc) is 2.36. The summed E-state index contributed by atoms with van der Waals surface area (Å²) < 4.78 is 39.6. The molecule has 2 aromatic carbocycles. The van der Waals surface area contributed by atoms with Gasteiger partial charge in [0.05, 0.1) is 4.83 Å². The first-order valence-corrected chi connectivity index (χ1v) is 6.26. The van der Waals surface area contributed by atoms with Crippen molar-refractivity contribution in [2.45, 2.75) is 11.8 Å². The van der Waals surface area contributed by atoms with Crippen LogP contribution in [0.5, 0.6) is 0 Å². The van der Waals surface area contributed by atoms with Gasteiger partial charge < -0.3 is 0 Å². The van der Waals surface area contributed by atoms with Gasteiger partial charge in [-0.3, -0.25) is 0 Å². The van der Waals surface area contributed by atoms with Gasteiger partial charge in [-0.25, -0.2) is 13.2 Å². The molecule has 0 nitrogen and oxygen atoms in total. The maximum atomic E-state index is 13.6. The van der Waals surface area contributed by atoms with E-state index in [4.69, 9.17) is 0 Å². The minimum Gasteiger partial charge on any atom is -0.204 e. The van der Waals surface area contributed by atoms with Crippen LogP contribution in [0, 0.1) is 24.4 Å². The molecule has 0 saturated carbocycles. The van der Waals surface area contributed by atoms with E-state index in [2.05, 4.69) is 15.9 Å². The molecule has 0 heterocycles. The number of alkyl halides is 1. The monoisotopic (exact) mass is 314 g/mol. The van der Waals surface area contributed by atoms with Gasteiger partial charge in [0.15, 0.2) is 17.5 Å². The normalized spacial score (nSPS) is 12.5. The maximum absolute atomic E-state index is 13.6. The van der Waals surface area contributed by atoms with Crippen molar-refractivity contribution in [1.82, 2.24) is 0 Å². The summed E-state index contributed by atoms with van der Waals surface area (Å²) in [5.74, 6) is -3.78. The fraction of sp³-hybridized carbons (Fsp3) is 0.143. The van der Waals surface area contributed by atoms with E-state index in [1.807, 2.05) is 31.2 Å². The van der Waals surface area contributed by atoms with Gasteiger partial charge in [-0.15, -0.1) is 0 Å². The molecule has 0 aromatic heterocycles. The number of hydrogen-bond acceptors (Lipinski definition) is 0. The smallest absolute Gasteiger partial charge is 0.194 e. The average molecular weight is 315 g/mol. The SMILES string of the molecule is Cc1ccc(C(Br)c2ccc(F)c(F)c2F)cc1. The molecule has 0 aliphatic rings. The van der Waals surface area contributed by atoms with E-state index in [1.165, 1.54) is 6.07 Å². The van der Waals surface area contributed by atoms with E-state index >= 15 is 0 Å². The van der Waals surface area contributed by atoms with E-state index in [-0.39, 0.29) is 5.56 Å². The quantitative estimate of drug-likeness (QED) is 0.546. The Labute approximate surface area is 112 Å². The lowest BCUT2D eigenvalue weighted by molar-refractivity contribution is 0.442. The number of hydrogen-bond donors (Lipinski definition) is 0. The third kappa shape index (κ3) is 2.43. The molecule has 1 unspecified atom stereocenters. The Morgan fingerprint density at radius 1 is 0.889 bits per heavy atom. The lowest BCUT2D eigenvalue weighted by Gasteiger charge is -2.12. The van der Waals surface area contributed by atoms with Crippen molar-refractivity contribution in [2.24, 2.45) is 0 Å². The minimum absolute atomic E-state index is 0.0813. The molecule has 0 N–H and O–H groups in total. The lowest BCUT2D eigenvalue weighted by atomic mass is 10.0. The minimum atomic E-state index is -1.44. The van der Waals surface area contributed by atoms with Gasteiger partial charge >= 0.3 is 0 Å². The highest BCUT2D eigenvalue weighted by Crippen LogP contribution is 2.33. The molecular formula is C14H10BrF3. The zero-order chi connectivity index (χ0) is 13.3. The van der Waals surface area contributed by atoms with Gasteiger partial charge in [0.25, 0.3) is 0 Å². The Bertz CT molecular complexity index is 564. The van der Waals surface area contributed by atoms with Crippen molar-refractivity contribution < 1.29 is 13.2 Å². The van der Waals surface area contributed by atoms with E-state index in [0.29, 0.717) is 0 Å². The van der Waals surface area contributed by atoms with Gasteiger partial charge in [-0.1, -0.05) is 51.8 Å². The first-order valence-electron chi connectivity index (χ1n) is 5.34. The molecule has 0 saturated heterocycles. The molecule has 0 aliphatic heterocycles. The van der Waals surface area contributed by atoms with Crippen LogP contribution in [0.4, 0.5) is 13.2 Å². The van der Waals surface area contributed by atoms with Gasteiger partial charge in [0, 0.05) is 5.56 Å². The summed E-state index contributed by atoms with van der Waals surface area (Å²) >= 11 is 3.30. The topological polar surface area (TPSA) is 0 Å². The third-order valence-corrected chi connectivity index (χ3v) is 3.73. The summed E-state index contributed by atoms with van der Waals surface area (Å²) in [6.45, 7) is 1.94. The van der Waals surface area contributed by atoms with E-state index in [9.17, 15) is 13.2 Å². The van der Waals surface area contributed by atoms with E-state index in [1.54, 1.807) is 0 Å². The predicted molar refractivity (Wildman–Crippen MR) is 68.3 cm³/mol. The summed E-state index contributed by atoms with van der Waals surface area (Å²) in [4.78, 5) is -0.506. The van der Waals surface area contributed by atoms with E-state index < -0.39 is 22.3 Å². The van der Waals surface area contributed by atoms with Crippen molar-refractivity contribution in [3.05, 3.63) is 70.5 Å². The molecule has 0 spiro atoms. The molecule has 0 aliphatic carbocycles. The lowest BCUT2D eigenvalue weighted by Crippen LogP contribution is -2.01. The maximum Gasteiger partial charge on any atom is 0.194 e. The Morgan fingerprint density at radius 2 is 1.50 bits per heavy atom. The van der Waals surface area contributed by atoms with Crippen molar-refractivity contribution in [3.63, 3.8) is 0 Å². The summed E-state index contributed by atoms with van der Waals surface area (Å²) in [7, 11) is 0. The van der Waals surface area contributed by atoms with Gasteiger partial charge in [-0.05, 0) is 18.6 Å². The highest BCUT2D eigenvalue weighted by molar-refractivity contribution is 9.09. The van der Waals surface area contributed by atoms with Crippen LogP contribution in [0.1, 0.15) is 21.5 Å².